The monoisotopic (exact) mass is 203 g/mol. The van der Waals surface area contributed by atoms with Crippen molar-refractivity contribution in [2.75, 3.05) is 4.90 Å². The summed E-state index contributed by atoms with van der Waals surface area (Å²) in [5, 5.41) is 3.76. The van der Waals surface area contributed by atoms with Crippen LogP contribution >= 0.6 is 0 Å². The van der Waals surface area contributed by atoms with Crippen LogP contribution in [0, 0.1) is 0 Å². The number of amidine groups is 1. The van der Waals surface area contributed by atoms with E-state index in [-0.39, 0.29) is 5.84 Å². The molecule has 0 amide bonds. The van der Waals surface area contributed by atoms with E-state index in [9.17, 15) is 9.59 Å². The van der Waals surface area contributed by atoms with E-state index in [1.165, 1.54) is 0 Å². The molecule has 1 heterocycles. The van der Waals surface area contributed by atoms with Crippen LogP contribution in [0.3, 0.4) is 0 Å². The molecule has 0 saturated carbocycles. The van der Waals surface area contributed by atoms with Crippen molar-refractivity contribution in [1.29, 1.82) is 0 Å². The third kappa shape index (κ3) is 1.59. The lowest BCUT2D eigenvalue weighted by molar-refractivity contribution is -0.109. The van der Waals surface area contributed by atoms with E-state index < -0.39 is 6.17 Å². The van der Waals surface area contributed by atoms with E-state index in [4.69, 9.17) is 0 Å². The number of carbonyl (C=O) groups is 2. The van der Waals surface area contributed by atoms with Crippen molar-refractivity contribution in [3.05, 3.63) is 30.3 Å². The maximum absolute atomic E-state index is 10.8. The Morgan fingerprint density at radius 2 is 2.00 bits per heavy atom. The van der Waals surface area contributed by atoms with Gasteiger partial charge in [-0.2, -0.15) is 5.10 Å². The van der Waals surface area contributed by atoms with Gasteiger partial charge in [0.1, 0.15) is 0 Å². The molecule has 15 heavy (non-hydrogen) atoms. The highest BCUT2D eigenvalue weighted by atomic mass is 16.1. The van der Waals surface area contributed by atoms with Crippen LogP contribution in [0.25, 0.3) is 0 Å². The molecule has 0 fully saturated rings. The summed E-state index contributed by atoms with van der Waals surface area (Å²) < 4.78 is 0. The van der Waals surface area contributed by atoms with Gasteiger partial charge in [-0.1, -0.05) is 18.2 Å². The summed E-state index contributed by atoms with van der Waals surface area (Å²) >= 11 is 0. The van der Waals surface area contributed by atoms with Crippen molar-refractivity contribution in [2.45, 2.75) is 6.17 Å². The van der Waals surface area contributed by atoms with Crippen molar-refractivity contribution in [3.63, 3.8) is 0 Å². The number of carbonyl (C=O) groups excluding carboxylic acids is 2. The highest BCUT2D eigenvalue weighted by molar-refractivity contribution is 6.35. The van der Waals surface area contributed by atoms with E-state index >= 15 is 0 Å². The molecule has 1 atom stereocenters. The Bertz CT molecular complexity index is 402. The van der Waals surface area contributed by atoms with Gasteiger partial charge in [-0.15, -0.1) is 0 Å². The Hall–Kier alpha value is -2.17. The predicted molar refractivity (Wildman–Crippen MR) is 55.4 cm³/mol. The molecule has 1 unspecified atom stereocenters. The Kier molecular flexibility index (Phi) is 2.45. The fourth-order valence-electron chi connectivity index (χ4n) is 1.44. The van der Waals surface area contributed by atoms with Crippen molar-refractivity contribution in [2.24, 2.45) is 5.10 Å². The average molecular weight is 203 g/mol. The number of benzene rings is 1. The molecule has 1 aromatic carbocycles. The average Bonchev–Trinajstić information content (AvgIpc) is 2.72. The van der Waals surface area contributed by atoms with Crippen molar-refractivity contribution >= 4 is 24.1 Å². The predicted octanol–water partition coefficient (Wildman–Crippen LogP) is 0.134. The van der Waals surface area contributed by atoms with Gasteiger partial charge in [0.15, 0.2) is 24.6 Å². The molecule has 0 bridgehead atoms. The maximum Gasteiger partial charge on any atom is 0.195 e. The third-order valence-corrected chi connectivity index (χ3v) is 2.11. The number of nitrogens with one attached hydrogen (secondary N) is 1. The second-order valence-electron chi connectivity index (χ2n) is 3.00. The van der Waals surface area contributed by atoms with Crippen molar-refractivity contribution in [3.8, 4) is 0 Å². The molecule has 2 rings (SSSR count). The standard InChI is InChI=1S/C10H9N3O2/c14-6-9-11-12-10(7-15)13(9)8-4-2-1-3-5-8/h1-7,9,11H. The summed E-state index contributed by atoms with van der Waals surface area (Å²) in [4.78, 5) is 23.0. The second kappa shape index (κ2) is 3.91. The van der Waals surface area contributed by atoms with E-state index in [0.717, 1.165) is 5.69 Å². The highest BCUT2D eigenvalue weighted by Crippen LogP contribution is 2.17. The molecule has 1 aliphatic heterocycles. The van der Waals surface area contributed by atoms with Gasteiger partial charge in [-0.25, -0.2) is 0 Å². The highest BCUT2D eigenvalue weighted by Gasteiger charge is 2.27. The van der Waals surface area contributed by atoms with Gasteiger partial charge in [0.2, 0.25) is 0 Å². The number of hydrogen-bond donors (Lipinski definition) is 1. The summed E-state index contributed by atoms with van der Waals surface area (Å²) in [6.07, 6.45) is 0.712. The Morgan fingerprint density at radius 3 is 2.60 bits per heavy atom. The molecule has 0 spiro atoms. The van der Waals surface area contributed by atoms with Gasteiger partial charge in [-0.05, 0) is 12.1 Å². The van der Waals surface area contributed by atoms with Crippen LogP contribution in [0.1, 0.15) is 0 Å². The smallest absolute Gasteiger partial charge is 0.195 e. The number of nitrogens with zero attached hydrogens (tertiary/aromatic N) is 2. The zero-order valence-corrected chi connectivity index (χ0v) is 7.83. The van der Waals surface area contributed by atoms with Crippen molar-refractivity contribution in [1.82, 2.24) is 5.43 Å². The van der Waals surface area contributed by atoms with E-state index in [1.54, 1.807) is 4.90 Å². The molecule has 76 valence electrons. The van der Waals surface area contributed by atoms with Gasteiger partial charge in [0.05, 0.1) is 0 Å². The fraction of sp³-hybridized carbons (Fsp3) is 0.100. The number of para-hydroxylation sites is 1. The van der Waals surface area contributed by atoms with E-state index in [0.29, 0.717) is 12.6 Å². The lowest BCUT2D eigenvalue weighted by Crippen LogP contribution is -2.41. The molecule has 1 N–H and O–H groups in total. The minimum atomic E-state index is -0.604. The number of hydrogen-bond acceptors (Lipinski definition) is 5. The lowest BCUT2D eigenvalue weighted by atomic mass is 10.2. The molecule has 5 heteroatoms. The molecular weight excluding hydrogens is 194 g/mol. The fourth-order valence-corrected chi connectivity index (χ4v) is 1.44. The number of rotatable bonds is 3. The van der Waals surface area contributed by atoms with Crippen LogP contribution in [0.5, 0.6) is 0 Å². The van der Waals surface area contributed by atoms with Gasteiger partial charge in [-0.3, -0.25) is 19.9 Å². The SMILES string of the molecule is O=CC1=NNC(C=O)N1c1ccccc1. The number of hydrazone groups is 1. The normalized spacial score (nSPS) is 19.3. The number of aldehydes is 2. The largest absolute Gasteiger partial charge is 0.299 e. The number of anilines is 1. The van der Waals surface area contributed by atoms with Crippen LogP contribution in [-0.4, -0.2) is 24.6 Å². The summed E-state index contributed by atoms with van der Waals surface area (Å²) in [7, 11) is 0. The topological polar surface area (TPSA) is 61.8 Å². The molecule has 1 aromatic rings. The quantitative estimate of drug-likeness (QED) is 0.709. The zero-order chi connectivity index (χ0) is 10.7. The Balaban J connectivity index is 2.36. The lowest BCUT2D eigenvalue weighted by Gasteiger charge is -2.20. The molecular formula is C10H9N3O2. The summed E-state index contributed by atoms with van der Waals surface area (Å²) in [6.45, 7) is 0. The van der Waals surface area contributed by atoms with Crippen LogP contribution < -0.4 is 10.3 Å². The molecule has 0 aromatic heterocycles. The van der Waals surface area contributed by atoms with Crippen LogP contribution in [0.2, 0.25) is 0 Å². The minimum Gasteiger partial charge on any atom is -0.299 e. The van der Waals surface area contributed by atoms with Gasteiger partial charge in [0, 0.05) is 5.69 Å². The molecule has 5 nitrogen and oxygen atoms in total. The van der Waals surface area contributed by atoms with E-state index in [2.05, 4.69) is 10.5 Å². The summed E-state index contributed by atoms with van der Waals surface area (Å²) in [5.41, 5.74) is 3.33. The molecule has 0 radical (unpaired) electrons. The van der Waals surface area contributed by atoms with Gasteiger partial charge in [0.25, 0.3) is 0 Å². The summed E-state index contributed by atoms with van der Waals surface area (Å²) in [6, 6.07) is 9.14. The first-order chi connectivity index (χ1) is 7.36. The first-order valence-electron chi connectivity index (χ1n) is 4.45. The first-order valence-corrected chi connectivity index (χ1v) is 4.45. The second-order valence-corrected chi connectivity index (χ2v) is 3.00. The van der Waals surface area contributed by atoms with Crippen LogP contribution in [-0.2, 0) is 9.59 Å². The Morgan fingerprint density at radius 1 is 1.27 bits per heavy atom. The zero-order valence-electron chi connectivity index (χ0n) is 7.83. The Labute approximate surface area is 86.4 Å². The van der Waals surface area contributed by atoms with Crippen LogP contribution in [0.4, 0.5) is 5.69 Å². The van der Waals surface area contributed by atoms with Crippen LogP contribution in [0.15, 0.2) is 35.4 Å². The van der Waals surface area contributed by atoms with Gasteiger partial charge >= 0.3 is 0 Å². The molecule has 1 aliphatic rings. The first kappa shape index (κ1) is 9.39. The minimum absolute atomic E-state index is 0.207. The van der Waals surface area contributed by atoms with Crippen molar-refractivity contribution < 1.29 is 9.59 Å². The van der Waals surface area contributed by atoms with Gasteiger partial charge < -0.3 is 0 Å². The molecule has 0 saturated heterocycles. The van der Waals surface area contributed by atoms with E-state index in [1.807, 2.05) is 30.3 Å². The molecule has 0 aliphatic carbocycles. The third-order valence-electron chi connectivity index (χ3n) is 2.11. The maximum atomic E-state index is 10.8. The summed E-state index contributed by atoms with van der Waals surface area (Å²) in [5.74, 6) is 0.207.